The Bertz CT molecular complexity index is 873. The second-order valence-electron chi connectivity index (χ2n) is 5.74. The van der Waals surface area contributed by atoms with Crippen molar-refractivity contribution in [3.05, 3.63) is 65.5 Å². The van der Waals surface area contributed by atoms with Gasteiger partial charge in [0, 0.05) is 0 Å². The molecule has 0 aliphatic heterocycles. The number of para-hydroxylation sites is 1. The topological polar surface area (TPSA) is 79.5 Å². The number of anilines is 1. The van der Waals surface area contributed by atoms with E-state index in [9.17, 15) is 27.2 Å². The summed E-state index contributed by atoms with van der Waals surface area (Å²) in [5.74, 6) is -4.35. The summed E-state index contributed by atoms with van der Waals surface area (Å²) in [6.07, 6.45) is -5.34. The molecule has 3 N–H and O–H groups in total. The molecule has 0 aromatic heterocycles. The van der Waals surface area contributed by atoms with Crippen molar-refractivity contribution in [2.75, 3.05) is 12.5 Å². The van der Waals surface area contributed by atoms with Crippen LogP contribution in [0, 0.1) is 12.7 Å². The summed E-state index contributed by atoms with van der Waals surface area (Å²) in [6.45, 7) is 1.62. The van der Waals surface area contributed by atoms with Crippen LogP contribution in [-0.2, 0) is 9.53 Å². The highest BCUT2D eigenvalue weighted by molar-refractivity contribution is 5.98. The quantitative estimate of drug-likeness (QED) is 0.301. The maximum absolute atomic E-state index is 13.9. The molecule has 0 aliphatic carbocycles. The summed E-state index contributed by atoms with van der Waals surface area (Å²) < 4.78 is 59.7. The van der Waals surface area contributed by atoms with Crippen LogP contribution < -0.4 is 16.2 Å². The maximum atomic E-state index is 13.9. The summed E-state index contributed by atoms with van der Waals surface area (Å²) in [5.41, 5.74) is 0.507. The lowest BCUT2D eigenvalue weighted by Gasteiger charge is -2.34. The first-order chi connectivity index (χ1) is 13.1. The number of carbonyl (C=O) groups excluding carboxylic acids is 2. The summed E-state index contributed by atoms with van der Waals surface area (Å²) >= 11 is 0. The number of methoxy groups -OCH3 is 1. The SMILES string of the molecule is COC(=O)C(NNc1ccccc1C)(NC(=O)c1ccccc1F)C(F)(F)F. The molecule has 10 heteroatoms. The Balaban J connectivity index is 2.43. The number of amides is 1. The van der Waals surface area contributed by atoms with E-state index in [4.69, 9.17) is 0 Å². The van der Waals surface area contributed by atoms with Crippen LogP contribution in [-0.4, -0.2) is 30.8 Å². The Morgan fingerprint density at radius 1 is 1.00 bits per heavy atom. The van der Waals surface area contributed by atoms with E-state index in [1.54, 1.807) is 30.5 Å². The molecule has 150 valence electrons. The molecule has 0 saturated carbocycles. The van der Waals surface area contributed by atoms with Gasteiger partial charge in [-0.15, -0.1) is 0 Å². The lowest BCUT2D eigenvalue weighted by Crippen LogP contribution is -2.73. The predicted molar refractivity (Wildman–Crippen MR) is 92.6 cm³/mol. The molecule has 1 amide bonds. The highest BCUT2D eigenvalue weighted by Crippen LogP contribution is 2.30. The van der Waals surface area contributed by atoms with Gasteiger partial charge in [-0.1, -0.05) is 30.3 Å². The highest BCUT2D eigenvalue weighted by Gasteiger charge is 2.63. The Kier molecular flexibility index (Phi) is 6.24. The van der Waals surface area contributed by atoms with E-state index in [1.807, 2.05) is 0 Å². The number of carbonyl (C=O) groups is 2. The molecule has 1 atom stereocenters. The summed E-state index contributed by atoms with van der Waals surface area (Å²) in [7, 11) is 0.730. The van der Waals surface area contributed by atoms with Gasteiger partial charge < -0.3 is 15.5 Å². The average Bonchev–Trinajstić information content (AvgIpc) is 2.64. The van der Waals surface area contributed by atoms with Crippen LogP contribution >= 0.6 is 0 Å². The van der Waals surface area contributed by atoms with Crippen molar-refractivity contribution in [3.8, 4) is 0 Å². The zero-order chi connectivity index (χ0) is 20.9. The number of hydrogen-bond acceptors (Lipinski definition) is 5. The number of benzene rings is 2. The van der Waals surface area contributed by atoms with Crippen LogP contribution in [0.1, 0.15) is 15.9 Å². The van der Waals surface area contributed by atoms with Gasteiger partial charge in [0.15, 0.2) is 0 Å². The molecule has 0 fully saturated rings. The number of aryl methyl sites for hydroxylation is 1. The van der Waals surface area contributed by atoms with E-state index in [0.717, 1.165) is 19.2 Å². The minimum Gasteiger partial charge on any atom is -0.466 e. The van der Waals surface area contributed by atoms with Gasteiger partial charge in [-0.2, -0.15) is 18.6 Å². The van der Waals surface area contributed by atoms with Crippen molar-refractivity contribution in [2.24, 2.45) is 0 Å². The van der Waals surface area contributed by atoms with Crippen LogP contribution in [0.25, 0.3) is 0 Å². The minimum absolute atomic E-state index is 0.222. The highest BCUT2D eigenvalue weighted by atomic mass is 19.4. The van der Waals surface area contributed by atoms with Gasteiger partial charge in [0.25, 0.3) is 5.91 Å². The van der Waals surface area contributed by atoms with Gasteiger partial charge in [-0.3, -0.25) is 4.79 Å². The Morgan fingerprint density at radius 2 is 1.61 bits per heavy atom. The minimum atomic E-state index is -5.34. The van der Waals surface area contributed by atoms with Crippen LogP contribution in [0.2, 0.25) is 0 Å². The first-order valence-corrected chi connectivity index (χ1v) is 7.93. The zero-order valence-electron chi connectivity index (χ0n) is 14.9. The second-order valence-corrected chi connectivity index (χ2v) is 5.74. The van der Waals surface area contributed by atoms with Crippen LogP contribution in [0.4, 0.5) is 23.2 Å². The molecule has 2 aromatic carbocycles. The summed E-state index contributed by atoms with van der Waals surface area (Å²) in [4.78, 5) is 24.4. The molecular formula is C18H17F4N3O3. The van der Waals surface area contributed by atoms with Crippen LogP contribution in [0.15, 0.2) is 48.5 Å². The van der Waals surface area contributed by atoms with Crippen molar-refractivity contribution in [1.29, 1.82) is 0 Å². The largest absolute Gasteiger partial charge is 0.466 e. The number of esters is 1. The fourth-order valence-electron chi connectivity index (χ4n) is 2.30. The first kappa shape index (κ1) is 21.2. The zero-order valence-corrected chi connectivity index (χ0v) is 14.9. The number of hydrogen-bond donors (Lipinski definition) is 3. The van der Waals surface area contributed by atoms with Crippen molar-refractivity contribution in [2.45, 2.75) is 18.8 Å². The number of alkyl halides is 3. The fourth-order valence-corrected chi connectivity index (χ4v) is 2.30. The van der Waals surface area contributed by atoms with E-state index in [2.05, 4.69) is 10.2 Å². The van der Waals surface area contributed by atoms with E-state index in [-0.39, 0.29) is 5.69 Å². The van der Waals surface area contributed by atoms with Gasteiger partial charge in [0.2, 0.25) is 0 Å². The maximum Gasteiger partial charge on any atom is 0.438 e. The third-order valence-electron chi connectivity index (χ3n) is 3.87. The van der Waals surface area contributed by atoms with E-state index < -0.39 is 35.1 Å². The van der Waals surface area contributed by atoms with Gasteiger partial charge >= 0.3 is 17.8 Å². The van der Waals surface area contributed by atoms with Crippen LogP contribution in [0.5, 0.6) is 0 Å². The monoisotopic (exact) mass is 399 g/mol. The normalized spacial score (nSPS) is 13.4. The predicted octanol–water partition coefficient (Wildman–Crippen LogP) is 2.91. The second kappa shape index (κ2) is 8.26. The van der Waals surface area contributed by atoms with Gasteiger partial charge in [-0.25, -0.2) is 9.18 Å². The number of hydrazine groups is 1. The molecule has 0 aliphatic rings. The summed E-state index contributed by atoms with van der Waals surface area (Å²) in [5, 5.41) is 1.52. The fraction of sp³-hybridized carbons (Fsp3) is 0.222. The molecular weight excluding hydrogens is 382 g/mol. The van der Waals surface area contributed by atoms with Crippen molar-refractivity contribution >= 4 is 17.6 Å². The van der Waals surface area contributed by atoms with Crippen molar-refractivity contribution < 1.29 is 31.9 Å². The van der Waals surface area contributed by atoms with E-state index >= 15 is 0 Å². The Morgan fingerprint density at radius 3 is 2.18 bits per heavy atom. The smallest absolute Gasteiger partial charge is 0.438 e. The molecule has 2 rings (SSSR count). The third-order valence-corrected chi connectivity index (χ3v) is 3.87. The molecule has 0 spiro atoms. The summed E-state index contributed by atoms with van der Waals surface area (Å²) in [6, 6.07) is 10.7. The molecule has 1 unspecified atom stereocenters. The number of rotatable bonds is 6. The third kappa shape index (κ3) is 4.22. The van der Waals surface area contributed by atoms with Crippen molar-refractivity contribution in [3.63, 3.8) is 0 Å². The Hall–Kier alpha value is -3.14. The molecule has 6 nitrogen and oxygen atoms in total. The van der Waals surface area contributed by atoms with E-state index in [0.29, 0.717) is 5.56 Å². The number of nitrogens with one attached hydrogen (secondary N) is 3. The molecule has 0 heterocycles. The van der Waals surface area contributed by atoms with E-state index in [1.165, 1.54) is 23.5 Å². The molecule has 28 heavy (non-hydrogen) atoms. The number of ether oxygens (including phenoxy) is 1. The van der Waals surface area contributed by atoms with Gasteiger partial charge in [-0.05, 0) is 30.7 Å². The molecule has 0 saturated heterocycles. The number of halogens is 4. The van der Waals surface area contributed by atoms with Crippen molar-refractivity contribution in [1.82, 2.24) is 10.7 Å². The standard InChI is InChI=1S/C18H17F4N3O3/c1-11-7-3-6-10-14(11)24-25-17(16(27)28-2,18(20,21)22)23-15(26)12-8-4-5-9-13(12)19/h3-10,24-25H,1-2H3,(H,23,26). The molecule has 0 radical (unpaired) electrons. The lowest BCUT2D eigenvalue weighted by molar-refractivity contribution is -0.215. The average molecular weight is 399 g/mol. The van der Waals surface area contributed by atoms with Gasteiger partial charge in [0.1, 0.15) is 5.82 Å². The van der Waals surface area contributed by atoms with Gasteiger partial charge in [0.05, 0.1) is 18.4 Å². The Labute approximate surface area is 157 Å². The molecule has 0 bridgehead atoms. The lowest BCUT2D eigenvalue weighted by atomic mass is 10.1. The first-order valence-electron chi connectivity index (χ1n) is 7.93. The van der Waals surface area contributed by atoms with Crippen LogP contribution in [0.3, 0.4) is 0 Å². The molecule has 2 aromatic rings.